The Morgan fingerprint density at radius 3 is 2.94 bits per heavy atom. The van der Waals surface area contributed by atoms with Crippen LogP contribution in [0.15, 0.2) is 23.0 Å². The third-order valence-electron chi connectivity index (χ3n) is 4.08. The van der Waals surface area contributed by atoms with Crippen LogP contribution < -0.4 is 5.32 Å². The van der Waals surface area contributed by atoms with Crippen LogP contribution in [0.3, 0.4) is 0 Å². The van der Waals surface area contributed by atoms with E-state index in [1.54, 1.807) is 11.3 Å². The van der Waals surface area contributed by atoms with Crippen molar-refractivity contribution in [1.82, 2.24) is 15.2 Å². The van der Waals surface area contributed by atoms with Gasteiger partial charge in [0.2, 0.25) is 0 Å². The van der Waals surface area contributed by atoms with E-state index in [0.29, 0.717) is 12.2 Å². The van der Waals surface area contributed by atoms with Crippen molar-refractivity contribution in [3.05, 3.63) is 28.7 Å². The Hall–Kier alpha value is -0.710. The molecular weight excluding hydrogens is 242 g/mol. The molecule has 0 amide bonds. The van der Waals surface area contributed by atoms with Gasteiger partial charge in [0.15, 0.2) is 0 Å². The lowest BCUT2D eigenvalue weighted by Gasteiger charge is -2.38. The average molecular weight is 263 g/mol. The number of piperidine rings is 1. The monoisotopic (exact) mass is 263 g/mol. The highest BCUT2D eigenvalue weighted by atomic mass is 32.1. The van der Waals surface area contributed by atoms with E-state index in [4.69, 9.17) is 0 Å². The normalized spacial score (nSPS) is 30.7. The second-order valence-electron chi connectivity index (χ2n) is 5.46. The molecule has 3 nitrogen and oxygen atoms in total. The average Bonchev–Trinajstić information content (AvgIpc) is 2.94. The largest absolute Gasteiger partial charge is 0.290 e. The number of nitrogens with one attached hydrogen (secondary N) is 1. The summed E-state index contributed by atoms with van der Waals surface area (Å²) < 4.78 is 0. The fraction of sp³-hybridized carbons (Fsp3) is 0.643. The van der Waals surface area contributed by atoms with Crippen molar-refractivity contribution in [2.75, 3.05) is 13.1 Å². The summed E-state index contributed by atoms with van der Waals surface area (Å²) in [5.41, 5.74) is 3.12. The van der Waals surface area contributed by atoms with Crippen molar-refractivity contribution in [1.29, 1.82) is 0 Å². The Labute approximate surface area is 113 Å². The molecule has 2 unspecified atom stereocenters. The highest BCUT2D eigenvalue weighted by Crippen LogP contribution is 2.25. The molecule has 1 fully saturated rings. The third kappa shape index (κ3) is 2.66. The predicted molar refractivity (Wildman–Crippen MR) is 75.5 cm³/mol. The lowest BCUT2D eigenvalue weighted by atomic mass is 9.98. The number of aromatic nitrogens is 1. The first-order valence-electron chi connectivity index (χ1n) is 6.88. The molecule has 0 spiro atoms. The quantitative estimate of drug-likeness (QED) is 0.832. The number of rotatable bonds is 2. The van der Waals surface area contributed by atoms with Crippen LogP contribution in [0.4, 0.5) is 0 Å². The van der Waals surface area contributed by atoms with Gasteiger partial charge in [-0.15, -0.1) is 11.3 Å². The van der Waals surface area contributed by atoms with Crippen LogP contribution >= 0.6 is 11.3 Å². The van der Waals surface area contributed by atoms with Crippen molar-refractivity contribution >= 4 is 11.3 Å². The summed E-state index contributed by atoms with van der Waals surface area (Å²) >= 11 is 1.68. The Morgan fingerprint density at radius 2 is 2.22 bits per heavy atom. The standard InChI is InChI=1S/C14H21N3S/c1-11-5-7-17(8-6-11)14-4-2-3-12(16-14)13-9-18-10-15-13/h2,4,9-12,14,16H,3,5-8H2,1H3. The van der Waals surface area contributed by atoms with Gasteiger partial charge < -0.3 is 0 Å². The lowest BCUT2D eigenvalue weighted by Crippen LogP contribution is -2.50. The van der Waals surface area contributed by atoms with E-state index in [0.717, 1.165) is 12.3 Å². The van der Waals surface area contributed by atoms with Crippen molar-refractivity contribution in [3.8, 4) is 0 Å². The first-order valence-corrected chi connectivity index (χ1v) is 7.82. The summed E-state index contributed by atoms with van der Waals surface area (Å²) in [6.45, 7) is 4.79. The number of hydrogen-bond acceptors (Lipinski definition) is 4. The van der Waals surface area contributed by atoms with Crippen LogP contribution in [0.1, 0.15) is 37.9 Å². The van der Waals surface area contributed by atoms with Crippen LogP contribution in [0.5, 0.6) is 0 Å². The number of thiazole rings is 1. The summed E-state index contributed by atoms with van der Waals surface area (Å²) in [6.07, 6.45) is 8.74. The van der Waals surface area contributed by atoms with Crippen molar-refractivity contribution in [2.24, 2.45) is 5.92 Å². The van der Waals surface area contributed by atoms with Crippen molar-refractivity contribution in [2.45, 2.75) is 38.4 Å². The molecule has 3 heterocycles. The van der Waals surface area contributed by atoms with E-state index in [2.05, 4.69) is 39.7 Å². The van der Waals surface area contributed by atoms with Crippen LogP contribution in [0.2, 0.25) is 0 Å². The van der Waals surface area contributed by atoms with Crippen LogP contribution in [-0.2, 0) is 0 Å². The molecule has 0 radical (unpaired) electrons. The van der Waals surface area contributed by atoms with Gasteiger partial charge in [-0.3, -0.25) is 10.2 Å². The maximum Gasteiger partial charge on any atom is 0.0795 e. The Balaban J connectivity index is 1.64. The molecule has 2 aliphatic rings. The Morgan fingerprint density at radius 1 is 1.39 bits per heavy atom. The highest BCUT2D eigenvalue weighted by Gasteiger charge is 2.26. The molecule has 0 bridgehead atoms. The summed E-state index contributed by atoms with van der Waals surface area (Å²) in [7, 11) is 0. The molecule has 0 aromatic carbocycles. The maximum atomic E-state index is 4.44. The molecule has 2 aliphatic heterocycles. The fourth-order valence-electron chi connectivity index (χ4n) is 2.81. The number of hydrogen-bond donors (Lipinski definition) is 1. The predicted octanol–water partition coefficient (Wildman–Crippen LogP) is 2.79. The molecule has 3 rings (SSSR count). The molecule has 2 atom stereocenters. The molecule has 18 heavy (non-hydrogen) atoms. The van der Waals surface area contributed by atoms with Crippen LogP contribution in [-0.4, -0.2) is 29.1 Å². The number of likely N-dealkylation sites (tertiary alicyclic amines) is 1. The molecule has 0 saturated carbocycles. The minimum absolute atomic E-state index is 0.394. The topological polar surface area (TPSA) is 28.2 Å². The van der Waals surface area contributed by atoms with Gasteiger partial charge in [-0.25, -0.2) is 4.98 Å². The van der Waals surface area contributed by atoms with E-state index in [1.165, 1.54) is 31.6 Å². The summed E-state index contributed by atoms with van der Waals surface area (Å²) in [6, 6.07) is 0.394. The summed E-state index contributed by atoms with van der Waals surface area (Å²) in [5, 5.41) is 5.88. The zero-order valence-electron chi connectivity index (χ0n) is 10.9. The second-order valence-corrected chi connectivity index (χ2v) is 6.18. The summed E-state index contributed by atoms with van der Waals surface area (Å²) in [5.74, 6) is 0.892. The van der Waals surface area contributed by atoms with Crippen LogP contribution in [0.25, 0.3) is 0 Å². The molecule has 1 aromatic heterocycles. The minimum atomic E-state index is 0.394. The molecule has 1 N–H and O–H groups in total. The highest BCUT2D eigenvalue weighted by molar-refractivity contribution is 7.07. The molecule has 1 saturated heterocycles. The maximum absolute atomic E-state index is 4.44. The zero-order chi connectivity index (χ0) is 12.4. The van der Waals surface area contributed by atoms with Crippen molar-refractivity contribution < 1.29 is 0 Å². The SMILES string of the molecule is CC1CCN(C2C=CCC(c3cscn3)N2)CC1. The van der Waals surface area contributed by atoms with E-state index in [9.17, 15) is 0 Å². The lowest BCUT2D eigenvalue weighted by molar-refractivity contribution is 0.129. The van der Waals surface area contributed by atoms with E-state index in [-0.39, 0.29) is 0 Å². The third-order valence-corrected chi connectivity index (χ3v) is 4.69. The van der Waals surface area contributed by atoms with E-state index in [1.807, 2.05) is 5.51 Å². The molecule has 0 aliphatic carbocycles. The zero-order valence-corrected chi connectivity index (χ0v) is 11.7. The second kappa shape index (κ2) is 5.51. The Bertz CT molecular complexity index is 393. The van der Waals surface area contributed by atoms with Gasteiger partial charge in [-0.2, -0.15) is 0 Å². The molecule has 1 aromatic rings. The van der Waals surface area contributed by atoms with Crippen LogP contribution in [0, 0.1) is 5.92 Å². The summed E-state index contributed by atoms with van der Waals surface area (Å²) in [4.78, 5) is 7.00. The fourth-order valence-corrected chi connectivity index (χ4v) is 3.42. The van der Waals surface area contributed by atoms with Gasteiger partial charge in [-0.1, -0.05) is 19.1 Å². The van der Waals surface area contributed by atoms with E-state index >= 15 is 0 Å². The first kappa shape index (κ1) is 12.3. The van der Waals surface area contributed by atoms with Gasteiger partial charge in [0.1, 0.15) is 0 Å². The molecule has 98 valence electrons. The van der Waals surface area contributed by atoms with Gasteiger partial charge >= 0.3 is 0 Å². The first-order chi connectivity index (χ1) is 8.83. The van der Waals surface area contributed by atoms with Gasteiger partial charge in [0.25, 0.3) is 0 Å². The molecule has 4 heteroatoms. The molecular formula is C14H21N3S. The van der Waals surface area contributed by atoms with Gasteiger partial charge in [0.05, 0.1) is 23.4 Å². The van der Waals surface area contributed by atoms with Crippen molar-refractivity contribution in [3.63, 3.8) is 0 Å². The Kier molecular flexibility index (Phi) is 3.77. The smallest absolute Gasteiger partial charge is 0.0795 e. The van der Waals surface area contributed by atoms with Gasteiger partial charge in [-0.05, 0) is 25.2 Å². The van der Waals surface area contributed by atoms with E-state index < -0.39 is 0 Å². The number of nitrogens with zero attached hydrogens (tertiary/aromatic N) is 2. The minimum Gasteiger partial charge on any atom is -0.290 e. The van der Waals surface area contributed by atoms with Gasteiger partial charge in [0, 0.05) is 18.5 Å².